The van der Waals surface area contributed by atoms with Gasteiger partial charge in [0.2, 0.25) is 0 Å². The number of likely N-dealkylation sites (N-methyl/N-ethyl adjacent to an activating group) is 1. The summed E-state index contributed by atoms with van der Waals surface area (Å²) in [6, 6.07) is 10.7. The van der Waals surface area contributed by atoms with Crippen molar-refractivity contribution in [2.75, 3.05) is 37.2 Å². The molecule has 0 amide bonds. The second kappa shape index (κ2) is 7.63. The van der Waals surface area contributed by atoms with Crippen LogP contribution in [0.3, 0.4) is 0 Å². The highest BCUT2D eigenvalue weighted by atomic mass is 32.2. The fourth-order valence-electron chi connectivity index (χ4n) is 2.08. The van der Waals surface area contributed by atoms with Gasteiger partial charge in [0, 0.05) is 24.5 Å². The predicted molar refractivity (Wildman–Crippen MR) is 95.4 cm³/mol. The van der Waals surface area contributed by atoms with Gasteiger partial charge in [0.15, 0.2) is 0 Å². The van der Waals surface area contributed by atoms with E-state index in [0.717, 1.165) is 24.8 Å². The largest absolute Gasteiger partial charge is 0.384 e. The van der Waals surface area contributed by atoms with Crippen LogP contribution >= 0.6 is 0 Å². The lowest BCUT2D eigenvalue weighted by molar-refractivity contribution is 0.425. The zero-order valence-corrected chi connectivity index (χ0v) is 14.8. The van der Waals surface area contributed by atoms with Gasteiger partial charge in [-0.1, -0.05) is 0 Å². The molecule has 130 valence electrons. The molecule has 0 fully saturated rings. The number of halogens is 1. The summed E-state index contributed by atoms with van der Waals surface area (Å²) < 4.78 is 40.5. The van der Waals surface area contributed by atoms with Gasteiger partial charge in [0.1, 0.15) is 5.82 Å². The molecule has 0 aliphatic carbocycles. The molecular formula is C17H22FN3O2S. The quantitative estimate of drug-likeness (QED) is 0.805. The molecule has 7 heteroatoms. The topological polar surface area (TPSA) is 61.4 Å². The van der Waals surface area contributed by atoms with Crippen LogP contribution in [0, 0.1) is 12.7 Å². The Kier molecular flexibility index (Phi) is 5.80. The Labute approximate surface area is 142 Å². The molecule has 0 spiro atoms. The van der Waals surface area contributed by atoms with Crippen molar-refractivity contribution in [3.63, 3.8) is 0 Å². The maximum Gasteiger partial charge on any atom is 0.261 e. The summed E-state index contributed by atoms with van der Waals surface area (Å²) in [4.78, 5) is 2.11. The molecule has 0 aliphatic heterocycles. The van der Waals surface area contributed by atoms with E-state index >= 15 is 0 Å². The molecule has 0 heterocycles. The fraction of sp³-hybridized carbons (Fsp3) is 0.294. The molecule has 24 heavy (non-hydrogen) atoms. The molecule has 0 bridgehead atoms. The van der Waals surface area contributed by atoms with Crippen LogP contribution in [-0.4, -0.2) is 40.5 Å². The average molecular weight is 351 g/mol. The van der Waals surface area contributed by atoms with Gasteiger partial charge in [-0.2, -0.15) is 0 Å². The number of anilines is 2. The lowest BCUT2D eigenvalue weighted by Crippen LogP contribution is -2.20. The van der Waals surface area contributed by atoms with Crippen molar-refractivity contribution in [3.05, 3.63) is 53.8 Å². The minimum atomic E-state index is -3.74. The van der Waals surface area contributed by atoms with Crippen molar-refractivity contribution in [2.45, 2.75) is 11.8 Å². The summed E-state index contributed by atoms with van der Waals surface area (Å²) >= 11 is 0. The maximum absolute atomic E-state index is 13.3. The lowest BCUT2D eigenvalue weighted by Gasteiger charge is -2.12. The smallest absolute Gasteiger partial charge is 0.261 e. The second-order valence-electron chi connectivity index (χ2n) is 5.82. The number of hydrogen-bond donors (Lipinski definition) is 2. The van der Waals surface area contributed by atoms with Crippen LogP contribution < -0.4 is 10.0 Å². The third-order valence-electron chi connectivity index (χ3n) is 3.46. The first-order valence-corrected chi connectivity index (χ1v) is 9.04. The molecule has 0 atom stereocenters. The van der Waals surface area contributed by atoms with Crippen LogP contribution in [0.2, 0.25) is 0 Å². The SMILES string of the molecule is Cc1cc(S(=O)(=O)Nc2ccc(NCCN(C)C)cc2)ccc1F. The molecule has 0 aromatic heterocycles. The Hall–Kier alpha value is -2.12. The van der Waals surface area contributed by atoms with E-state index in [4.69, 9.17) is 0 Å². The van der Waals surface area contributed by atoms with Crippen molar-refractivity contribution in [3.8, 4) is 0 Å². The number of sulfonamides is 1. The van der Waals surface area contributed by atoms with Gasteiger partial charge in [-0.25, -0.2) is 12.8 Å². The van der Waals surface area contributed by atoms with Gasteiger partial charge < -0.3 is 10.2 Å². The summed E-state index contributed by atoms with van der Waals surface area (Å²) in [5.74, 6) is -0.429. The molecule has 0 radical (unpaired) electrons. The Morgan fingerprint density at radius 3 is 2.25 bits per heavy atom. The van der Waals surface area contributed by atoms with Crippen molar-refractivity contribution >= 4 is 21.4 Å². The fourth-order valence-corrected chi connectivity index (χ4v) is 3.22. The van der Waals surface area contributed by atoms with Crippen LogP contribution in [-0.2, 0) is 10.0 Å². The average Bonchev–Trinajstić information content (AvgIpc) is 2.51. The molecule has 2 rings (SSSR count). The predicted octanol–water partition coefficient (Wildman–Crippen LogP) is 2.91. The Morgan fingerprint density at radius 1 is 1.04 bits per heavy atom. The number of aryl methyl sites for hydroxylation is 1. The Morgan fingerprint density at radius 2 is 1.67 bits per heavy atom. The third-order valence-corrected chi connectivity index (χ3v) is 4.84. The minimum Gasteiger partial charge on any atom is -0.384 e. The first kappa shape index (κ1) is 18.2. The van der Waals surface area contributed by atoms with E-state index in [9.17, 15) is 12.8 Å². The van der Waals surface area contributed by atoms with E-state index < -0.39 is 15.8 Å². The zero-order chi connectivity index (χ0) is 17.7. The van der Waals surface area contributed by atoms with Crippen LogP contribution in [0.15, 0.2) is 47.4 Å². The summed E-state index contributed by atoms with van der Waals surface area (Å²) in [7, 11) is 0.256. The zero-order valence-electron chi connectivity index (χ0n) is 14.0. The van der Waals surface area contributed by atoms with Crippen LogP contribution in [0.5, 0.6) is 0 Å². The van der Waals surface area contributed by atoms with Gasteiger partial charge in [-0.05, 0) is 69.0 Å². The molecule has 0 aliphatic rings. The highest BCUT2D eigenvalue weighted by Crippen LogP contribution is 2.20. The van der Waals surface area contributed by atoms with Crippen LogP contribution in [0.4, 0.5) is 15.8 Å². The molecule has 2 aromatic rings. The highest BCUT2D eigenvalue weighted by Gasteiger charge is 2.15. The van der Waals surface area contributed by atoms with Gasteiger partial charge in [0.05, 0.1) is 4.90 Å². The number of rotatable bonds is 7. The molecule has 0 unspecified atom stereocenters. The minimum absolute atomic E-state index is 0.0367. The van der Waals surface area contributed by atoms with E-state index in [2.05, 4.69) is 14.9 Å². The Balaban J connectivity index is 2.05. The standard InChI is InChI=1S/C17H22FN3O2S/c1-13-12-16(8-9-17(13)18)24(22,23)20-15-6-4-14(5-7-15)19-10-11-21(2)3/h4-9,12,19-20H,10-11H2,1-3H3. The molecule has 5 nitrogen and oxygen atoms in total. The summed E-state index contributed by atoms with van der Waals surface area (Å²) in [6.45, 7) is 3.23. The number of hydrogen-bond acceptors (Lipinski definition) is 4. The Bertz CT molecular complexity index is 790. The van der Waals surface area contributed by atoms with Crippen molar-refractivity contribution < 1.29 is 12.8 Å². The van der Waals surface area contributed by atoms with Crippen LogP contribution in [0.25, 0.3) is 0 Å². The lowest BCUT2D eigenvalue weighted by atomic mass is 10.2. The maximum atomic E-state index is 13.3. The van der Waals surface area contributed by atoms with E-state index in [1.54, 1.807) is 12.1 Å². The van der Waals surface area contributed by atoms with Gasteiger partial charge in [-0.3, -0.25) is 4.72 Å². The highest BCUT2D eigenvalue weighted by molar-refractivity contribution is 7.92. The normalized spacial score (nSPS) is 11.5. The number of benzene rings is 2. The molecular weight excluding hydrogens is 329 g/mol. The monoisotopic (exact) mass is 351 g/mol. The summed E-state index contributed by atoms with van der Waals surface area (Å²) in [5.41, 5.74) is 1.66. The van der Waals surface area contributed by atoms with E-state index in [1.165, 1.54) is 19.1 Å². The summed E-state index contributed by atoms with van der Waals surface area (Å²) in [6.07, 6.45) is 0. The van der Waals surface area contributed by atoms with E-state index in [-0.39, 0.29) is 4.90 Å². The van der Waals surface area contributed by atoms with E-state index in [0.29, 0.717) is 11.3 Å². The molecule has 2 N–H and O–H groups in total. The number of nitrogens with one attached hydrogen (secondary N) is 2. The van der Waals surface area contributed by atoms with Crippen molar-refractivity contribution in [1.82, 2.24) is 4.90 Å². The second-order valence-corrected chi connectivity index (χ2v) is 7.51. The third kappa shape index (κ3) is 4.94. The first-order chi connectivity index (χ1) is 11.3. The first-order valence-electron chi connectivity index (χ1n) is 7.55. The van der Waals surface area contributed by atoms with Gasteiger partial charge in [-0.15, -0.1) is 0 Å². The van der Waals surface area contributed by atoms with Crippen molar-refractivity contribution in [1.29, 1.82) is 0 Å². The summed E-state index contributed by atoms with van der Waals surface area (Å²) in [5, 5.41) is 3.25. The number of nitrogens with zero attached hydrogens (tertiary/aromatic N) is 1. The van der Waals surface area contributed by atoms with Crippen molar-refractivity contribution in [2.24, 2.45) is 0 Å². The van der Waals surface area contributed by atoms with Gasteiger partial charge >= 0.3 is 0 Å². The van der Waals surface area contributed by atoms with E-state index in [1.807, 2.05) is 26.2 Å². The molecule has 0 saturated heterocycles. The molecule has 2 aromatic carbocycles. The van der Waals surface area contributed by atoms with Crippen LogP contribution in [0.1, 0.15) is 5.56 Å². The van der Waals surface area contributed by atoms with Gasteiger partial charge in [0.25, 0.3) is 10.0 Å². The molecule has 0 saturated carbocycles.